The van der Waals surface area contributed by atoms with Gasteiger partial charge in [-0.05, 0) is 79.4 Å². The zero-order valence-corrected chi connectivity index (χ0v) is 26.4. The van der Waals surface area contributed by atoms with Crippen LogP contribution >= 0.6 is 11.6 Å². The van der Waals surface area contributed by atoms with Crippen molar-refractivity contribution in [1.82, 2.24) is 15.0 Å². The monoisotopic (exact) mass is 625 g/mol. The fraction of sp³-hybridized carbons (Fsp3) is 0.306. The summed E-state index contributed by atoms with van der Waals surface area (Å²) in [6.07, 6.45) is 0.211. The van der Waals surface area contributed by atoms with Crippen molar-refractivity contribution >= 4 is 28.5 Å². The van der Waals surface area contributed by atoms with Crippen molar-refractivity contribution in [2.75, 3.05) is 13.1 Å². The quantitative estimate of drug-likeness (QED) is 0.171. The summed E-state index contributed by atoms with van der Waals surface area (Å²) in [4.78, 5) is 19.1. The van der Waals surface area contributed by atoms with E-state index in [-0.39, 0.29) is 24.7 Å². The molecular formula is C36H36ClN3O5. The highest BCUT2D eigenvalue weighted by Gasteiger charge is 2.35. The van der Waals surface area contributed by atoms with Gasteiger partial charge in [0.2, 0.25) is 5.82 Å². The van der Waals surface area contributed by atoms with Crippen molar-refractivity contribution in [2.24, 2.45) is 0 Å². The number of rotatable bonds is 8. The van der Waals surface area contributed by atoms with Crippen LogP contribution in [0, 0.1) is 0 Å². The Kier molecular flexibility index (Phi) is 9.05. The maximum Gasteiger partial charge on any atom is 0.410 e. The van der Waals surface area contributed by atoms with Gasteiger partial charge in [0.05, 0.1) is 24.3 Å². The van der Waals surface area contributed by atoms with E-state index >= 15 is 0 Å². The second kappa shape index (κ2) is 13.3. The molecule has 8 nitrogen and oxygen atoms in total. The molecule has 0 N–H and O–H groups in total. The summed E-state index contributed by atoms with van der Waals surface area (Å²) in [5, 5.41) is 6.95. The summed E-state index contributed by atoms with van der Waals surface area (Å²) in [5.74, 6) is 1.54. The fourth-order valence-electron chi connectivity index (χ4n) is 5.51. The van der Waals surface area contributed by atoms with Gasteiger partial charge >= 0.3 is 6.09 Å². The molecule has 45 heavy (non-hydrogen) atoms. The first kappa shape index (κ1) is 30.6. The molecule has 1 aromatic heterocycles. The SMILES string of the molecule is CC(C)(C)OC(=O)N1CCC(c2ccc(OCc3nc(-c4ccccc4Cl)no3)cc2)C(OCc2ccc3ccccc3c2)C1. The number of nitrogens with zero attached hydrogens (tertiary/aromatic N) is 3. The number of fused-ring (bicyclic) bond motifs is 1. The molecule has 0 radical (unpaired) electrons. The number of carbonyl (C=O) groups is 1. The lowest BCUT2D eigenvalue weighted by Gasteiger charge is -2.39. The van der Waals surface area contributed by atoms with E-state index in [0.29, 0.717) is 47.7 Å². The smallest absolute Gasteiger partial charge is 0.410 e. The molecule has 9 heteroatoms. The second-order valence-corrected chi connectivity index (χ2v) is 12.6. The third-order valence-electron chi connectivity index (χ3n) is 7.74. The number of hydrogen-bond donors (Lipinski definition) is 0. The van der Waals surface area contributed by atoms with Crippen LogP contribution in [0.5, 0.6) is 5.75 Å². The van der Waals surface area contributed by atoms with Gasteiger partial charge in [-0.2, -0.15) is 4.98 Å². The van der Waals surface area contributed by atoms with Gasteiger partial charge in [0.15, 0.2) is 6.61 Å². The molecule has 4 aromatic carbocycles. The maximum absolute atomic E-state index is 13.0. The number of amides is 1. The second-order valence-electron chi connectivity index (χ2n) is 12.2. The standard InChI is InChI=1S/C36H36ClN3O5/c1-36(2,3)44-35(41)40-19-18-29(32(21-40)43-22-24-12-13-25-8-4-5-9-27(25)20-24)26-14-16-28(17-15-26)42-23-33-38-34(39-45-33)30-10-6-7-11-31(30)37/h4-17,20,29,32H,18-19,21-23H2,1-3H3. The predicted molar refractivity (Wildman–Crippen MR) is 173 cm³/mol. The highest BCUT2D eigenvalue weighted by molar-refractivity contribution is 6.33. The van der Waals surface area contributed by atoms with E-state index in [4.69, 9.17) is 30.3 Å². The molecule has 1 amide bonds. The minimum Gasteiger partial charge on any atom is -0.484 e. The van der Waals surface area contributed by atoms with Crippen LogP contribution in [0.15, 0.2) is 95.5 Å². The number of likely N-dealkylation sites (tertiary alicyclic amines) is 1. The molecule has 0 spiro atoms. The van der Waals surface area contributed by atoms with E-state index in [1.165, 1.54) is 10.8 Å². The summed E-state index contributed by atoms with van der Waals surface area (Å²) >= 11 is 6.26. The third-order valence-corrected chi connectivity index (χ3v) is 8.07. The Labute approximate surface area is 267 Å². The van der Waals surface area contributed by atoms with Crippen molar-refractivity contribution in [2.45, 2.75) is 58.0 Å². The lowest BCUT2D eigenvalue weighted by Crippen LogP contribution is -2.48. The molecule has 1 aliphatic rings. The number of piperidine rings is 1. The first-order chi connectivity index (χ1) is 21.7. The largest absolute Gasteiger partial charge is 0.484 e. The summed E-state index contributed by atoms with van der Waals surface area (Å²) in [6, 6.07) is 30.0. The van der Waals surface area contributed by atoms with E-state index < -0.39 is 5.60 Å². The van der Waals surface area contributed by atoms with E-state index in [9.17, 15) is 4.79 Å². The molecule has 1 fully saturated rings. The van der Waals surface area contributed by atoms with E-state index in [1.807, 2.05) is 63.2 Å². The van der Waals surface area contributed by atoms with Gasteiger partial charge in [-0.1, -0.05) is 77.4 Å². The zero-order chi connectivity index (χ0) is 31.4. The van der Waals surface area contributed by atoms with Crippen LogP contribution < -0.4 is 4.74 Å². The number of halogens is 1. The summed E-state index contributed by atoms with van der Waals surface area (Å²) in [6.45, 7) is 7.23. The fourth-order valence-corrected chi connectivity index (χ4v) is 5.73. The third kappa shape index (κ3) is 7.64. The van der Waals surface area contributed by atoms with Crippen LogP contribution in [0.25, 0.3) is 22.2 Å². The van der Waals surface area contributed by atoms with E-state index in [1.54, 1.807) is 11.0 Å². The normalized spacial score (nSPS) is 16.9. The number of benzene rings is 4. The minimum atomic E-state index is -0.567. The molecule has 2 heterocycles. The Bertz CT molecular complexity index is 1760. The van der Waals surface area contributed by atoms with Crippen LogP contribution in [0.3, 0.4) is 0 Å². The molecule has 0 saturated carbocycles. The van der Waals surface area contributed by atoms with E-state index in [2.05, 4.69) is 52.6 Å². The maximum atomic E-state index is 13.0. The average molecular weight is 626 g/mol. The van der Waals surface area contributed by atoms with Gasteiger partial charge in [-0.15, -0.1) is 0 Å². The van der Waals surface area contributed by atoms with Crippen LogP contribution in [0.4, 0.5) is 4.79 Å². The molecule has 6 rings (SSSR count). The van der Waals surface area contributed by atoms with Crippen molar-refractivity contribution in [3.05, 3.63) is 113 Å². The molecule has 0 bridgehead atoms. The molecule has 232 valence electrons. The molecule has 2 atom stereocenters. The Morgan fingerprint density at radius 2 is 1.71 bits per heavy atom. The van der Waals surface area contributed by atoms with Crippen LogP contribution in [0.2, 0.25) is 5.02 Å². The molecule has 5 aromatic rings. The molecule has 2 unspecified atom stereocenters. The lowest BCUT2D eigenvalue weighted by molar-refractivity contribution is -0.0359. The topological polar surface area (TPSA) is 86.9 Å². The van der Waals surface area contributed by atoms with Crippen LogP contribution in [-0.4, -0.2) is 45.9 Å². The molecule has 0 aliphatic carbocycles. The van der Waals surface area contributed by atoms with Gasteiger partial charge in [0.1, 0.15) is 11.4 Å². The summed E-state index contributed by atoms with van der Waals surface area (Å²) in [7, 11) is 0. The summed E-state index contributed by atoms with van der Waals surface area (Å²) in [5.41, 5.74) is 2.34. The van der Waals surface area contributed by atoms with Gasteiger partial charge in [-0.3, -0.25) is 0 Å². The Morgan fingerprint density at radius 3 is 2.49 bits per heavy atom. The lowest BCUT2D eigenvalue weighted by atomic mass is 9.87. The van der Waals surface area contributed by atoms with Gasteiger partial charge in [0.25, 0.3) is 5.89 Å². The highest BCUT2D eigenvalue weighted by Crippen LogP contribution is 2.33. The van der Waals surface area contributed by atoms with Crippen molar-refractivity contribution in [3.63, 3.8) is 0 Å². The van der Waals surface area contributed by atoms with Crippen molar-refractivity contribution < 1.29 is 23.5 Å². The first-order valence-corrected chi connectivity index (χ1v) is 15.5. The van der Waals surface area contributed by atoms with Crippen molar-refractivity contribution in [1.29, 1.82) is 0 Å². The minimum absolute atomic E-state index is 0.0901. The van der Waals surface area contributed by atoms with Gasteiger partial charge in [-0.25, -0.2) is 4.79 Å². The molecular weight excluding hydrogens is 590 g/mol. The molecule has 1 aliphatic heterocycles. The number of aromatic nitrogens is 2. The number of ether oxygens (including phenoxy) is 3. The predicted octanol–water partition coefficient (Wildman–Crippen LogP) is 8.43. The number of hydrogen-bond acceptors (Lipinski definition) is 7. The average Bonchev–Trinajstić information content (AvgIpc) is 3.51. The van der Waals surface area contributed by atoms with Gasteiger partial charge in [0, 0.05) is 18.0 Å². The Balaban J connectivity index is 1.13. The Morgan fingerprint density at radius 1 is 0.956 bits per heavy atom. The van der Waals surface area contributed by atoms with Gasteiger partial charge < -0.3 is 23.6 Å². The highest BCUT2D eigenvalue weighted by atomic mass is 35.5. The zero-order valence-electron chi connectivity index (χ0n) is 25.6. The van der Waals surface area contributed by atoms with E-state index in [0.717, 1.165) is 17.5 Å². The Hall–Kier alpha value is -4.40. The van der Waals surface area contributed by atoms with Crippen LogP contribution in [0.1, 0.15) is 50.1 Å². The first-order valence-electron chi connectivity index (χ1n) is 15.1. The summed E-state index contributed by atoms with van der Waals surface area (Å²) < 4.78 is 23.6. The molecule has 1 saturated heterocycles. The van der Waals surface area contributed by atoms with Crippen LogP contribution in [-0.2, 0) is 22.7 Å². The number of carbonyl (C=O) groups excluding carboxylic acids is 1. The van der Waals surface area contributed by atoms with Crippen molar-refractivity contribution in [3.8, 4) is 17.1 Å².